The standard InChI is InChI=1S/C19H21N3O4/c1-13-5-6-14(12-17(13)22(24)25)19(23)21-15-7-9-16(10-8-15)26-18-4-2-3-11-20-18/h2-6,11-12,15-16H,7-10H2,1H3,(H,21,23). The minimum absolute atomic E-state index is 0.0369. The third-order valence-corrected chi connectivity index (χ3v) is 4.60. The van der Waals surface area contributed by atoms with E-state index in [9.17, 15) is 14.9 Å². The maximum Gasteiger partial charge on any atom is 0.273 e. The molecule has 1 aliphatic carbocycles. The van der Waals surface area contributed by atoms with Crippen molar-refractivity contribution in [3.8, 4) is 5.88 Å². The Labute approximate surface area is 151 Å². The molecule has 0 atom stereocenters. The van der Waals surface area contributed by atoms with E-state index in [-0.39, 0.29) is 23.7 Å². The molecule has 0 aliphatic heterocycles. The van der Waals surface area contributed by atoms with Crippen molar-refractivity contribution in [2.24, 2.45) is 0 Å². The Hall–Kier alpha value is -2.96. The summed E-state index contributed by atoms with van der Waals surface area (Å²) in [6.07, 6.45) is 5.06. The number of aromatic nitrogens is 1. The van der Waals surface area contributed by atoms with Gasteiger partial charge in [-0.25, -0.2) is 4.98 Å². The Balaban J connectivity index is 1.53. The molecule has 0 saturated heterocycles. The number of nitrogens with one attached hydrogen (secondary N) is 1. The highest BCUT2D eigenvalue weighted by molar-refractivity contribution is 5.95. The highest BCUT2D eigenvalue weighted by Gasteiger charge is 2.25. The number of rotatable bonds is 5. The predicted molar refractivity (Wildman–Crippen MR) is 96.2 cm³/mol. The smallest absolute Gasteiger partial charge is 0.273 e. The number of aryl methyl sites for hydroxylation is 1. The summed E-state index contributed by atoms with van der Waals surface area (Å²) >= 11 is 0. The lowest BCUT2D eigenvalue weighted by Gasteiger charge is -2.29. The normalized spacial score (nSPS) is 19.6. The van der Waals surface area contributed by atoms with Gasteiger partial charge in [0.2, 0.25) is 5.88 Å². The fourth-order valence-electron chi connectivity index (χ4n) is 3.13. The Kier molecular flexibility index (Phi) is 5.46. The van der Waals surface area contributed by atoms with Crippen LogP contribution in [0.25, 0.3) is 0 Å². The molecule has 0 spiro atoms. The van der Waals surface area contributed by atoms with Crippen LogP contribution in [-0.4, -0.2) is 28.0 Å². The second-order valence-electron chi connectivity index (χ2n) is 6.49. The number of pyridine rings is 1. The van der Waals surface area contributed by atoms with Gasteiger partial charge in [-0.05, 0) is 44.7 Å². The Bertz CT molecular complexity index is 787. The van der Waals surface area contributed by atoms with Crippen molar-refractivity contribution in [3.63, 3.8) is 0 Å². The van der Waals surface area contributed by atoms with Gasteiger partial charge in [0.25, 0.3) is 11.6 Å². The fraction of sp³-hybridized carbons (Fsp3) is 0.368. The molecule has 1 fully saturated rings. The third kappa shape index (κ3) is 4.36. The molecule has 7 heteroatoms. The van der Waals surface area contributed by atoms with Gasteiger partial charge < -0.3 is 10.1 Å². The Morgan fingerprint density at radius 3 is 2.65 bits per heavy atom. The van der Waals surface area contributed by atoms with E-state index in [4.69, 9.17) is 4.74 Å². The number of hydrogen-bond donors (Lipinski definition) is 1. The summed E-state index contributed by atoms with van der Waals surface area (Å²) in [5.41, 5.74) is 0.818. The van der Waals surface area contributed by atoms with E-state index < -0.39 is 4.92 Å². The Morgan fingerprint density at radius 2 is 2.00 bits per heavy atom. The molecule has 1 saturated carbocycles. The lowest BCUT2D eigenvalue weighted by molar-refractivity contribution is -0.385. The highest BCUT2D eigenvalue weighted by atomic mass is 16.6. The van der Waals surface area contributed by atoms with Gasteiger partial charge in [0.1, 0.15) is 6.10 Å². The number of benzene rings is 1. The molecule has 1 N–H and O–H groups in total. The molecule has 2 aromatic rings. The van der Waals surface area contributed by atoms with Gasteiger partial charge in [0.15, 0.2) is 0 Å². The number of hydrogen-bond acceptors (Lipinski definition) is 5. The van der Waals surface area contributed by atoms with Crippen molar-refractivity contribution in [3.05, 3.63) is 63.8 Å². The molecule has 0 unspecified atom stereocenters. The first-order chi connectivity index (χ1) is 12.5. The van der Waals surface area contributed by atoms with Crippen molar-refractivity contribution >= 4 is 11.6 Å². The van der Waals surface area contributed by atoms with Crippen LogP contribution < -0.4 is 10.1 Å². The fourth-order valence-corrected chi connectivity index (χ4v) is 3.13. The maximum atomic E-state index is 12.4. The van der Waals surface area contributed by atoms with Gasteiger partial charge in [-0.15, -0.1) is 0 Å². The van der Waals surface area contributed by atoms with Crippen LogP contribution in [0.5, 0.6) is 5.88 Å². The van der Waals surface area contributed by atoms with Crippen LogP contribution in [0.4, 0.5) is 5.69 Å². The van der Waals surface area contributed by atoms with Gasteiger partial charge in [0, 0.05) is 35.5 Å². The summed E-state index contributed by atoms with van der Waals surface area (Å²) in [5.74, 6) is 0.342. The number of nitro benzene ring substituents is 1. The van der Waals surface area contributed by atoms with E-state index >= 15 is 0 Å². The number of nitrogens with zero attached hydrogens (tertiary/aromatic N) is 2. The van der Waals surface area contributed by atoms with E-state index in [0.29, 0.717) is 17.0 Å². The molecular weight excluding hydrogens is 334 g/mol. The average Bonchev–Trinajstić information content (AvgIpc) is 2.64. The molecule has 1 aliphatic rings. The molecule has 1 amide bonds. The van der Waals surface area contributed by atoms with Crippen LogP contribution >= 0.6 is 0 Å². The summed E-state index contributed by atoms with van der Waals surface area (Å²) < 4.78 is 5.85. The van der Waals surface area contributed by atoms with Crippen LogP contribution in [0.15, 0.2) is 42.6 Å². The molecule has 0 bridgehead atoms. The van der Waals surface area contributed by atoms with Crippen LogP contribution in [0.3, 0.4) is 0 Å². The van der Waals surface area contributed by atoms with Crippen LogP contribution in [-0.2, 0) is 0 Å². The van der Waals surface area contributed by atoms with E-state index in [1.165, 1.54) is 6.07 Å². The number of carbonyl (C=O) groups excluding carboxylic acids is 1. The van der Waals surface area contributed by atoms with E-state index in [0.717, 1.165) is 25.7 Å². The second-order valence-corrected chi connectivity index (χ2v) is 6.49. The van der Waals surface area contributed by atoms with E-state index in [1.54, 1.807) is 25.3 Å². The van der Waals surface area contributed by atoms with Gasteiger partial charge in [-0.1, -0.05) is 12.1 Å². The summed E-state index contributed by atoms with van der Waals surface area (Å²) in [6.45, 7) is 1.66. The molecule has 1 heterocycles. The summed E-state index contributed by atoms with van der Waals surface area (Å²) in [4.78, 5) is 27.1. The summed E-state index contributed by atoms with van der Waals surface area (Å²) in [5, 5.41) is 14.0. The van der Waals surface area contributed by atoms with Gasteiger partial charge >= 0.3 is 0 Å². The van der Waals surface area contributed by atoms with Gasteiger partial charge in [-0.3, -0.25) is 14.9 Å². The van der Waals surface area contributed by atoms with Crippen molar-refractivity contribution in [2.75, 3.05) is 0 Å². The second kappa shape index (κ2) is 7.95. The van der Waals surface area contributed by atoms with Crippen LogP contribution in [0, 0.1) is 17.0 Å². The monoisotopic (exact) mass is 355 g/mol. The molecule has 136 valence electrons. The predicted octanol–water partition coefficient (Wildman–Crippen LogP) is 3.42. The van der Waals surface area contributed by atoms with Crippen LogP contribution in [0.1, 0.15) is 41.6 Å². The first-order valence-corrected chi connectivity index (χ1v) is 8.66. The topological polar surface area (TPSA) is 94.4 Å². The zero-order chi connectivity index (χ0) is 18.5. The van der Waals surface area contributed by atoms with Crippen molar-refractivity contribution in [1.29, 1.82) is 0 Å². The SMILES string of the molecule is Cc1ccc(C(=O)NC2CCC(Oc3ccccn3)CC2)cc1[N+](=O)[O-]. The van der Waals surface area contributed by atoms with E-state index in [1.807, 2.05) is 18.2 Å². The summed E-state index contributed by atoms with van der Waals surface area (Å²) in [7, 11) is 0. The number of amides is 1. The number of nitro groups is 1. The van der Waals surface area contributed by atoms with Crippen molar-refractivity contribution < 1.29 is 14.5 Å². The highest BCUT2D eigenvalue weighted by Crippen LogP contribution is 2.24. The van der Waals surface area contributed by atoms with Crippen LogP contribution in [0.2, 0.25) is 0 Å². The zero-order valence-corrected chi connectivity index (χ0v) is 14.6. The van der Waals surface area contributed by atoms with Crippen molar-refractivity contribution in [1.82, 2.24) is 10.3 Å². The van der Waals surface area contributed by atoms with E-state index in [2.05, 4.69) is 10.3 Å². The molecule has 1 aromatic heterocycles. The molecule has 3 rings (SSSR count). The molecule has 26 heavy (non-hydrogen) atoms. The lowest BCUT2D eigenvalue weighted by atomic mass is 9.92. The first-order valence-electron chi connectivity index (χ1n) is 8.66. The Morgan fingerprint density at radius 1 is 1.23 bits per heavy atom. The number of carbonyl (C=O) groups is 1. The molecule has 1 aromatic carbocycles. The van der Waals surface area contributed by atoms with Gasteiger partial charge in [-0.2, -0.15) is 0 Å². The molecule has 7 nitrogen and oxygen atoms in total. The van der Waals surface area contributed by atoms with Crippen molar-refractivity contribution in [2.45, 2.75) is 44.8 Å². The first kappa shape index (κ1) is 17.8. The summed E-state index contributed by atoms with van der Waals surface area (Å²) in [6, 6.07) is 10.2. The number of ether oxygens (including phenoxy) is 1. The quantitative estimate of drug-likeness (QED) is 0.655. The lowest BCUT2D eigenvalue weighted by Crippen LogP contribution is -2.39. The third-order valence-electron chi connectivity index (χ3n) is 4.60. The zero-order valence-electron chi connectivity index (χ0n) is 14.6. The largest absolute Gasteiger partial charge is 0.474 e. The average molecular weight is 355 g/mol. The maximum absolute atomic E-state index is 12.4. The minimum atomic E-state index is -0.466. The molecular formula is C19H21N3O4. The van der Waals surface area contributed by atoms with Gasteiger partial charge in [0.05, 0.1) is 4.92 Å². The molecule has 0 radical (unpaired) electrons. The minimum Gasteiger partial charge on any atom is -0.474 e.